The molecule has 5 heteroatoms. The highest BCUT2D eigenvalue weighted by atomic mass is 35.5. The number of nitrogen functional groups attached to an aromatic ring is 1. The Morgan fingerprint density at radius 1 is 1.50 bits per heavy atom. The van der Waals surface area contributed by atoms with Crippen LogP contribution in [0.1, 0.15) is 31.9 Å². The molecule has 1 unspecified atom stereocenters. The van der Waals surface area contributed by atoms with Crippen LogP contribution < -0.4 is 5.73 Å². The Balaban J connectivity index is 2.72. The summed E-state index contributed by atoms with van der Waals surface area (Å²) < 4.78 is 1.74. The van der Waals surface area contributed by atoms with Crippen LogP contribution in [0.4, 0.5) is 5.82 Å². The molecule has 0 aliphatic heterocycles. The first kappa shape index (κ1) is 11.6. The van der Waals surface area contributed by atoms with Crippen LogP contribution in [-0.4, -0.2) is 9.38 Å². The first-order valence-corrected chi connectivity index (χ1v) is 5.92. The van der Waals surface area contributed by atoms with Crippen LogP contribution in [0.3, 0.4) is 0 Å². The van der Waals surface area contributed by atoms with Crippen molar-refractivity contribution in [2.45, 2.75) is 26.2 Å². The fourth-order valence-electron chi connectivity index (χ4n) is 1.66. The highest BCUT2D eigenvalue weighted by Crippen LogP contribution is 2.30. The number of nitrogens with zero attached hydrogens (tertiary/aromatic N) is 2. The fraction of sp³-hybridized carbons (Fsp3) is 0.364. The molecule has 0 saturated carbocycles. The van der Waals surface area contributed by atoms with Crippen molar-refractivity contribution in [3.05, 3.63) is 28.0 Å². The average molecular weight is 258 g/mol. The summed E-state index contributed by atoms with van der Waals surface area (Å²) in [6.07, 6.45) is 2.72. The smallest absolute Gasteiger partial charge is 0.157 e. The maximum Gasteiger partial charge on any atom is 0.157 e. The van der Waals surface area contributed by atoms with Gasteiger partial charge >= 0.3 is 0 Å². The molecule has 0 radical (unpaired) electrons. The number of anilines is 1. The van der Waals surface area contributed by atoms with Crippen LogP contribution >= 0.6 is 23.2 Å². The van der Waals surface area contributed by atoms with Gasteiger partial charge in [-0.15, -0.1) is 0 Å². The summed E-state index contributed by atoms with van der Waals surface area (Å²) in [7, 11) is 0. The van der Waals surface area contributed by atoms with E-state index in [1.54, 1.807) is 16.7 Å². The molecule has 2 aromatic rings. The minimum absolute atomic E-state index is 0.315. The Labute approximate surface area is 104 Å². The quantitative estimate of drug-likeness (QED) is 0.891. The SMILES string of the molecule is CCC(C)c1nc2c(Cl)cc(Cl)cn2c1N. The maximum absolute atomic E-state index is 6.07. The van der Waals surface area contributed by atoms with Crippen molar-refractivity contribution < 1.29 is 0 Å². The lowest BCUT2D eigenvalue weighted by Crippen LogP contribution is -1.99. The second-order valence-electron chi connectivity index (χ2n) is 3.89. The summed E-state index contributed by atoms with van der Waals surface area (Å²) in [4.78, 5) is 4.47. The summed E-state index contributed by atoms with van der Waals surface area (Å²) in [5.74, 6) is 0.934. The van der Waals surface area contributed by atoms with Crippen molar-refractivity contribution in [1.82, 2.24) is 9.38 Å². The van der Waals surface area contributed by atoms with E-state index >= 15 is 0 Å². The summed E-state index contributed by atoms with van der Waals surface area (Å²) in [5, 5.41) is 1.08. The van der Waals surface area contributed by atoms with Gasteiger partial charge in [0.2, 0.25) is 0 Å². The van der Waals surface area contributed by atoms with E-state index in [1.165, 1.54) is 0 Å². The fourth-order valence-corrected chi connectivity index (χ4v) is 2.18. The molecule has 0 bridgehead atoms. The second kappa shape index (κ2) is 4.15. The van der Waals surface area contributed by atoms with E-state index in [0.29, 0.717) is 27.4 Å². The highest BCUT2D eigenvalue weighted by Gasteiger charge is 2.16. The number of halogens is 2. The molecule has 2 rings (SSSR count). The number of imidazole rings is 1. The predicted octanol–water partition coefficient (Wildman–Crippen LogP) is 3.74. The topological polar surface area (TPSA) is 43.3 Å². The van der Waals surface area contributed by atoms with Crippen molar-refractivity contribution in [3.63, 3.8) is 0 Å². The van der Waals surface area contributed by atoms with Crippen LogP contribution in [0.2, 0.25) is 10.0 Å². The van der Waals surface area contributed by atoms with Crippen molar-refractivity contribution in [2.75, 3.05) is 5.73 Å². The standard InChI is InChI=1S/C11H13Cl2N3/c1-3-6(2)9-10(14)16-5-7(12)4-8(13)11(16)15-9/h4-6H,3,14H2,1-2H3. The van der Waals surface area contributed by atoms with Crippen molar-refractivity contribution >= 4 is 34.7 Å². The van der Waals surface area contributed by atoms with Gasteiger partial charge in [0, 0.05) is 12.1 Å². The van der Waals surface area contributed by atoms with Gasteiger partial charge in [-0.3, -0.25) is 4.40 Å². The molecule has 0 aromatic carbocycles. The normalized spacial score (nSPS) is 13.2. The second-order valence-corrected chi connectivity index (χ2v) is 4.74. The molecule has 0 aliphatic carbocycles. The van der Waals surface area contributed by atoms with Gasteiger partial charge in [0.05, 0.1) is 15.7 Å². The van der Waals surface area contributed by atoms with E-state index in [1.807, 2.05) is 0 Å². The molecule has 0 amide bonds. The van der Waals surface area contributed by atoms with E-state index in [4.69, 9.17) is 28.9 Å². The zero-order valence-corrected chi connectivity index (χ0v) is 10.7. The van der Waals surface area contributed by atoms with Gasteiger partial charge in [0.15, 0.2) is 5.65 Å². The summed E-state index contributed by atoms with van der Waals surface area (Å²) in [6.45, 7) is 4.19. The maximum atomic E-state index is 6.07. The molecule has 0 aliphatic rings. The molecule has 0 saturated heterocycles. The summed E-state index contributed by atoms with van der Waals surface area (Å²) >= 11 is 12.0. The Morgan fingerprint density at radius 3 is 2.81 bits per heavy atom. The molecule has 3 nitrogen and oxygen atoms in total. The van der Waals surface area contributed by atoms with E-state index < -0.39 is 0 Å². The number of hydrogen-bond donors (Lipinski definition) is 1. The molecule has 0 fully saturated rings. The lowest BCUT2D eigenvalue weighted by molar-refractivity contribution is 0.716. The minimum atomic E-state index is 0.315. The summed E-state index contributed by atoms with van der Waals surface area (Å²) in [6, 6.07) is 1.67. The van der Waals surface area contributed by atoms with Gasteiger partial charge in [0.25, 0.3) is 0 Å². The lowest BCUT2D eigenvalue weighted by atomic mass is 10.1. The molecule has 2 N–H and O–H groups in total. The van der Waals surface area contributed by atoms with Crippen molar-refractivity contribution in [2.24, 2.45) is 0 Å². The van der Waals surface area contributed by atoms with Crippen molar-refractivity contribution in [1.29, 1.82) is 0 Å². The molecule has 2 aromatic heterocycles. The first-order valence-electron chi connectivity index (χ1n) is 5.17. The van der Waals surface area contributed by atoms with Gasteiger partial charge < -0.3 is 5.73 Å². The Morgan fingerprint density at radius 2 is 2.19 bits per heavy atom. The first-order chi connectivity index (χ1) is 7.54. The molecule has 2 heterocycles. The van der Waals surface area contributed by atoms with Gasteiger partial charge in [0.1, 0.15) is 5.82 Å². The van der Waals surface area contributed by atoms with Gasteiger partial charge in [-0.1, -0.05) is 37.0 Å². The van der Waals surface area contributed by atoms with Gasteiger partial charge in [-0.05, 0) is 12.5 Å². The van der Waals surface area contributed by atoms with Crippen LogP contribution in [0.25, 0.3) is 5.65 Å². The van der Waals surface area contributed by atoms with E-state index in [9.17, 15) is 0 Å². The Bertz CT molecular complexity index is 533. The van der Waals surface area contributed by atoms with Crippen LogP contribution in [0, 0.1) is 0 Å². The number of nitrogens with two attached hydrogens (primary N) is 1. The molecule has 1 atom stereocenters. The largest absolute Gasteiger partial charge is 0.383 e. The zero-order chi connectivity index (χ0) is 11.9. The number of aromatic nitrogens is 2. The summed E-state index contributed by atoms with van der Waals surface area (Å²) in [5.41, 5.74) is 7.58. The number of hydrogen-bond acceptors (Lipinski definition) is 2. The monoisotopic (exact) mass is 257 g/mol. The van der Waals surface area contributed by atoms with E-state index in [2.05, 4.69) is 18.8 Å². The number of pyridine rings is 1. The van der Waals surface area contributed by atoms with Crippen LogP contribution in [-0.2, 0) is 0 Å². The zero-order valence-electron chi connectivity index (χ0n) is 9.17. The lowest BCUT2D eigenvalue weighted by Gasteiger charge is -2.05. The minimum Gasteiger partial charge on any atom is -0.383 e. The molecule has 16 heavy (non-hydrogen) atoms. The van der Waals surface area contributed by atoms with Crippen molar-refractivity contribution in [3.8, 4) is 0 Å². The molecular weight excluding hydrogens is 245 g/mol. The third-order valence-corrected chi connectivity index (χ3v) is 3.27. The molecule has 0 spiro atoms. The predicted molar refractivity (Wildman–Crippen MR) is 68.3 cm³/mol. The van der Waals surface area contributed by atoms with Crippen LogP contribution in [0.5, 0.6) is 0 Å². The average Bonchev–Trinajstić information content (AvgIpc) is 2.56. The highest BCUT2D eigenvalue weighted by molar-refractivity contribution is 6.36. The van der Waals surface area contributed by atoms with E-state index in [0.717, 1.165) is 12.1 Å². The third kappa shape index (κ3) is 1.74. The Kier molecular flexibility index (Phi) is 3.00. The Hall–Kier alpha value is -0.930. The number of rotatable bonds is 2. The van der Waals surface area contributed by atoms with Crippen LogP contribution in [0.15, 0.2) is 12.3 Å². The third-order valence-electron chi connectivity index (χ3n) is 2.79. The van der Waals surface area contributed by atoms with Gasteiger partial charge in [-0.2, -0.15) is 0 Å². The molecule has 86 valence electrons. The molecular formula is C11H13Cl2N3. The number of fused-ring (bicyclic) bond motifs is 1. The van der Waals surface area contributed by atoms with E-state index in [-0.39, 0.29) is 0 Å². The van der Waals surface area contributed by atoms with Gasteiger partial charge in [-0.25, -0.2) is 4.98 Å².